The van der Waals surface area contributed by atoms with Crippen molar-refractivity contribution in [2.75, 3.05) is 6.61 Å². The number of aliphatic hydroxyl groups is 6. The van der Waals surface area contributed by atoms with Gasteiger partial charge in [-0.25, -0.2) is 0 Å². The topological polar surface area (TPSA) is 183 Å². The molecule has 0 aromatic carbocycles. The lowest BCUT2D eigenvalue weighted by Gasteiger charge is -2.71. The predicted octanol–water partition coefficient (Wildman–Crippen LogP) is 2.00. The number of carbonyl (C=O) groups is 2. The SMILES string of the molecule is C=C(C)[C@@H]1C[C@H](O)[C@]2(C(=O)O[C@@H]3O[C@H](CO)[C@@H](O)[C@H](O)[C@H]3O)CC[C@]3(C)[C@H](C[C@H]4OC(=O)C[C@@H](O)[C@]5(C)[C@@H]4[C@@]3(C)CC[C@H]5C(=C)C)[C@@H]12. The van der Waals surface area contributed by atoms with Gasteiger partial charge in [-0.3, -0.25) is 9.59 Å². The number of esters is 2. The van der Waals surface area contributed by atoms with Crippen molar-refractivity contribution in [3.63, 3.8) is 0 Å². The molecule has 6 aliphatic rings. The van der Waals surface area contributed by atoms with Crippen molar-refractivity contribution in [3.05, 3.63) is 24.3 Å². The molecule has 2 heterocycles. The first-order chi connectivity index (χ1) is 21.9. The van der Waals surface area contributed by atoms with Crippen LogP contribution in [-0.4, -0.2) is 98.2 Å². The Labute approximate surface area is 277 Å². The molecule has 17 atom stereocenters. The van der Waals surface area contributed by atoms with Crippen LogP contribution in [0.25, 0.3) is 0 Å². The third-order valence-corrected chi connectivity index (χ3v) is 14.7. The van der Waals surface area contributed by atoms with Crippen LogP contribution in [0.15, 0.2) is 24.3 Å². The number of fused-ring (bicyclic) bond motifs is 4. The monoisotopic (exact) mass is 662 g/mol. The molecule has 4 saturated carbocycles. The molecule has 2 saturated heterocycles. The molecule has 6 N–H and O–H groups in total. The van der Waals surface area contributed by atoms with Gasteiger partial charge in [-0.2, -0.15) is 0 Å². The Morgan fingerprint density at radius 1 is 0.915 bits per heavy atom. The molecular formula is C36H54O11. The first-order valence-electron chi connectivity index (χ1n) is 17.3. The van der Waals surface area contributed by atoms with Crippen LogP contribution in [0, 0.1) is 51.2 Å². The van der Waals surface area contributed by atoms with E-state index in [1.54, 1.807) is 0 Å². The lowest BCUT2D eigenvalue weighted by molar-refractivity contribution is -0.301. The summed E-state index contributed by atoms with van der Waals surface area (Å²) in [5.41, 5.74) is -1.08. The van der Waals surface area contributed by atoms with E-state index < -0.39 is 89.7 Å². The Balaban J connectivity index is 1.43. The van der Waals surface area contributed by atoms with Crippen LogP contribution in [0.2, 0.25) is 0 Å². The van der Waals surface area contributed by atoms with E-state index in [9.17, 15) is 40.2 Å². The van der Waals surface area contributed by atoms with Gasteiger partial charge in [-0.1, -0.05) is 45.1 Å². The van der Waals surface area contributed by atoms with Gasteiger partial charge in [0.15, 0.2) is 0 Å². The molecule has 0 unspecified atom stereocenters. The van der Waals surface area contributed by atoms with Gasteiger partial charge in [0.2, 0.25) is 6.29 Å². The standard InChI is InChI=1S/C36H54O11/c1-16(2)18-12-24(39)36(32(44)47-31-29(43)28(42)27(41)22(15-37)46-31)11-10-33(5)20(26(18)36)13-21-30-34(33,6)9-8-19(17(3)4)35(30,7)23(38)14-25(40)45-21/h18-24,26-31,37-39,41-43H,1,3,8-15H2,2,4-7H3/t18-,19-,20+,21+,22+,23+,24-,26+,27+,28-,29+,30-,31-,33+,34+,35+,36+/m0/s1. The molecule has 0 aromatic rings. The molecule has 0 amide bonds. The molecule has 47 heavy (non-hydrogen) atoms. The Bertz CT molecular complexity index is 1320. The first kappa shape index (κ1) is 35.0. The number of carbonyl (C=O) groups excluding carboxylic acids is 2. The molecule has 0 aromatic heterocycles. The van der Waals surface area contributed by atoms with Crippen LogP contribution in [0.3, 0.4) is 0 Å². The third-order valence-electron chi connectivity index (χ3n) is 14.7. The van der Waals surface area contributed by atoms with E-state index in [4.69, 9.17) is 14.2 Å². The summed E-state index contributed by atoms with van der Waals surface area (Å²) in [6.07, 6.45) is -7.54. The van der Waals surface area contributed by atoms with E-state index in [-0.39, 0.29) is 48.3 Å². The van der Waals surface area contributed by atoms with Gasteiger partial charge in [-0.05, 0) is 86.9 Å². The lowest BCUT2D eigenvalue weighted by Crippen LogP contribution is -2.70. The number of ether oxygens (including phenoxy) is 3. The second kappa shape index (κ2) is 11.6. The highest BCUT2D eigenvalue weighted by molar-refractivity contribution is 5.79. The van der Waals surface area contributed by atoms with E-state index in [1.807, 2.05) is 13.8 Å². The van der Waals surface area contributed by atoms with Crippen LogP contribution in [-0.2, 0) is 23.8 Å². The Morgan fingerprint density at radius 3 is 2.21 bits per heavy atom. The summed E-state index contributed by atoms with van der Waals surface area (Å²) in [5.74, 6) is -2.32. The Kier molecular flexibility index (Phi) is 8.64. The van der Waals surface area contributed by atoms with Gasteiger partial charge >= 0.3 is 11.9 Å². The van der Waals surface area contributed by atoms with Gasteiger partial charge in [0.1, 0.15) is 30.5 Å². The maximum atomic E-state index is 14.5. The molecule has 4 aliphatic carbocycles. The average Bonchev–Trinajstić information content (AvgIpc) is 3.26. The molecule has 6 fully saturated rings. The summed E-state index contributed by atoms with van der Waals surface area (Å²) < 4.78 is 17.6. The van der Waals surface area contributed by atoms with Gasteiger partial charge < -0.3 is 44.8 Å². The van der Waals surface area contributed by atoms with Crippen LogP contribution < -0.4 is 0 Å². The van der Waals surface area contributed by atoms with Crippen molar-refractivity contribution in [1.82, 2.24) is 0 Å². The van der Waals surface area contributed by atoms with Crippen molar-refractivity contribution in [2.24, 2.45) is 51.2 Å². The number of allylic oxidation sites excluding steroid dienone is 2. The van der Waals surface area contributed by atoms with Crippen molar-refractivity contribution < 1.29 is 54.4 Å². The molecular weight excluding hydrogens is 608 g/mol. The number of rotatable bonds is 5. The maximum absolute atomic E-state index is 14.5. The number of hydrogen-bond donors (Lipinski definition) is 6. The fourth-order valence-corrected chi connectivity index (χ4v) is 12.2. The van der Waals surface area contributed by atoms with Crippen LogP contribution in [0.1, 0.15) is 79.6 Å². The van der Waals surface area contributed by atoms with Crippen molar-refractivity contribution in [2.45, 2.75) is 129 Å². The molecule has 0 bridgehead atoms. The van der Waals surface area contributed by atoms with Gasteiger partial charge in [-0.15, -0.1) is 0 Å². The van der Waals surface area contributed by atoms with E-state index in [2.05, 4.69) is 33.9 Å². The molecule has 6 rings (SSSR count). The van der Waals surface area contributed by atoms with Crippen molar-refractivity contribution in [1.29, 1.82) is 0 Å². The summed E-state index contributed by atoms with van der Waals surface area (Å²) in [6.45, 7) is 18.4. The normalized spacial score (nSPS) is 53.9. The Morgan fingerprint density at radius 2 is 1.60 bits per heavy atom. The summed E-state index contributed by atoms with van der Waals surface area (Å²) in [7, 11) is 0. The largest absolute Gasteiger partial charge is 0.462 e. The molecule has 0 spiro atoms. The van der Waals surface area contributed by atoms with E-state index in [0.717, 1.165) is 24.0 Å². The minimum Gasteiger partial charge on any atom is -0.462 e. The van der Waals surface area contributed by atoms with Crippen molar-refractivity contribution >= 4 is 11.9 Å². The molecule has 11 heteroatoms. The van der Waals surface area contributed by atoms with E-state index in [1.165, 1.54) is 0 Å². The lowest BCUT2D eigenvalue weighted by atomic mass is 9.33. The highest BCUT2D eigenvalue weighted by Gasteiger charge is 2.76. The summed E-state index contributed by atoms with van der Waals surface area (Å²) in [5, 5.41) is 64.6. The fraction of sp³-hybridized carbons (Fsp3) is 0.833. The summed E-state index contributed by atoms with van der Waals surface area (Å²) in [6, 6.07) is 0. The van der Waals surface area contributed by atoms with E-state index in [0.29, 0.717) is 12.8 Å². The second-order valence-electron chi connectivity index (χ2n) is 16.6. The highest BCUT2D eigenvalue weighted by atomic mass is 16.7. The van der Waals surface area contributed by atoms with Crippen molar-refractivity contribution in [3.8, 4) is 0 Å². The average molecular weight is 663 g/mol. The smallest absolute Gasteiger partial charge is 0.317 e. The molecule has 0 radical (unpaired) electrons. The van der Waals surface area contributed by atoms with E-state index >= 15 is 0 Å². The van der Waals surface area contributed by atoms with Crippen LogP contribution in [0.5, 0.6) is 0 Å². The fourth-order valence-electron chi connectivity index (χ4n) is 12.2. The molecule has 2 aliphatic heterocycles. The molecule has 11 nitrogen and oxygen atoms in total. The van der Waals surface area contributed by atoms with Gasteiger partial charge in [0.25, 0.3) is 0 Å². The highest BCUT2D eigenvalue weighted by Crippen LogP contribution is 2.77. The second-order valence-corrected chi connectivity index (χ2v) is 16.6. The predicted molar refractivity (Wildman–Crippen MR) is 168 cm³/mol. The third kappa shape index (κ3) is 4.63. The van der Waals surface area contributed by atoms with Gasteiger partial charge in [0.05, 0.1) is 30.7 Å². The maximum Gasteiger partial charge on any atom is 0.317 e. The molecule has 264 valence electrons. The van der Waals surface area contributed by atoms with Gasteiger partial charge in [0, 0.05) is 11.3 Å². The van der Waals surface area contributed by atoms with Crippen LogP contribution in [0.4, 0.5) is 0 Å². The minimum absolute atomic E-state index is 0.000363. The Hall–Kier alpha value is -1.86. The minimum atomic E-state index is -1.77. The summed E-state index contributed by atoms with van der Waals surface area (Å²) >= 11 is 0. The first-order valence-corrected chi connectivity index (χ1v) is 17.3. The number of hydrogen-bond acceptors (Lipinski definition) is 11. The number of aliphatic hydroxyl groups excluding tert-OH is 6. The van der Waals surface area contributed by atoms with Crippen LogP contribution >= 0.6 is 0 Å². The zero-order valence-electron chi connectivity index (χ0n) is 28.3. The quantitative estimate of drug-likeness (QED) is 0.187. The summed E-state index contributed by atoms with van der Waals surface area (Å²) in [4.78, 5) is 27.8. The zero-order valence-corrected chi connectivity index (χ0v) is 28.3. The zero-order chi connectivity index (χ0) is 34.6.